The quantitative estimate of drug-likeness (QED) is 0.896. The third-order valence-corrected chi connectivity index (χ3v) is 3.32. The monoisotopic (exact) mass is 282 g/mol. The summed E-state index contributed by atoms with van der Waals surface area (Å²) in [7, 11) is 0. The van der Waals surface area contributed by atoms with E-state index in [1.807, 2.05) is 10.8 Å². The molecule has 102 valence electrons. The summed E-state index contributed by atoms with van der Waals surface area (Å²) in [5, 5.41) is 2.63. The Morgan fingerprint density at radius 1 is 1.42 bits per heavy atom. The van der Waals surface area contributed by atoms with Crippen LogP contribution in [-0.2, 0) is 13.1 Å². The Balaban J connectivity index is 2.17. The molecule has 1 heterocycles. The number of benzene rings is 1. The average molecular weight is 283 g/mol. The summed E-state index contributed by atoms with van der Waals surface area (Å²) in [4.78, 5) is 4.31. The summed E-state index contributed by atoms with van der Waals surface area (Å²) in [6.07, 6.45) is 3.59. The maximum Gasteiger partial charge on any atom is 0.164 e. The Bertz CT molecular complexity index is 531. The van der Waals surface area contributed by atoms with Crippen molar-refractivity contribution in [2.75, 3.05) is 0 Å². The lowest BCUT2D eigenvalue weighted by molar-refractivity contribution is -0.699. The number of aromatic nitrogens is 2. The van der Waals surface area contributed by atoms with Crippen LogP contribution in [0.2, 0.25) is 5.02 Å². The molecule has 0 aliphatic rings. The van der Waals surface area contributed by atoms with Gasteiger partial charge in [0.15, 0.2) is 5.82 Å². The van der Waals surface area contributed by atoms with Gasteiger partial charge in [-0.2, -0.15) is 0 Å². The smallest absolute Gasteiger partial charge is 0.164 e. The number of quaternary nitrogens is 1. The zero-order valence-corrected chi connectivity index (χ0v) is 11.9. The number of nitrogens with zero attached hydrogens (tertiary/aromatic N) is 2. The van der Waals surface area contributed by atoms with Gasteiger partial charge in [0.1, 0.15) is 12.4 Å². The first-order chi connectivity index (χ1) is 9.08. The summed E-state index contributed by atoms with van der Waals surface area (Å²) in [6, 6.07) is 5.25. The van der Waals surface area contributed by atoms with Crippen LogP contribution in [0.3, 0.4) is 0 Å². The highest BCUT2D eigenvalue weighted by atomic mass is 35.5. The molecule has 2 aromatic rings. The number of hydrogen-bond donors (Lipinski definition) is 1. The lowest BCUT2D eigenvalue weighted by atomic mass is 10.2. The van der Waals surface area contributed by atoms with E-state index in [0.717, 1.165) is 12.4 Å². The maximum atomic E-state index is 13.8. The Morgan fingerprint density at radius 3 is 2.89 bits per heavy atom. The second-order valence-corrected chi connectivity index (χ2v) is 5.26. The molecule has 0 fully saturated rings. The van der Waals surface area contributed by atoms with Crippen molar-refractivity contribution in [3.8, 4) is 0 Å². The molecule has 0 atom stereocenters. The summed E-state index contributed by atoms with van der Waals surface area (Å²) in [5.74, 6) is 0.646. The van der Waals surface area contributed by atoms with Crippen molar-refractivity contribution >= 4 is 11.6 Å². The van der Waals surface area contributed by atoms with Gasteiger partial charge in [-0.05, 0) is 26.0 Å². The van der Waals surface area contributed by atoms with Crippen LogP contribution in [0.25, 0.3) is 0 Å². The van der Waals surface area contributed by atoms with Crippen molar-refractivity contribution < 1.29 is 9.71 Å². The molecule has 5 heteroatoms. The molecular formula is C14H18ClFN3+. The molecule has 1 aromatic carbocycles. The first-order valence-corrected chi connectivity index (χ1v) is 6.72. The van der Waals surface area contributed by atoms with Crippen molar-refractivity contribution in [2.45, 2.75) is 33.0 Å². The van der Waals surface area contributed by atoms with Crippen LogP contribution >= 0.6 is 11.6 Å². The van der Waals surface area contributed by atoms with Gasteiger partial charge in [0.2, 0.25) is 0 Å². The second kappa shape index (κ2) is 6.17. The lowest BCUT2D eigenvalue weighted by Gasteiger charge is -2.10. The molecule has 0 unspecified atom stereocenters. The molecule has 0 bridgehead atoms. The summed E-state index contributed by atoms with van der Waals surface area (Å²) < 4.78 is 15.7. The van der Waals surface area contributed by atoms with Crippen LogP contribution in [0.4, 0.5) is 4.39 Å². The fourth-order valence-electron chi connectivity index (χ4n) is 1.87. The largest absolute Gasteiger partial charge is 0.338 e. The maximum absolute atomic E-state index is 13.8. The van der Waals surface area contributed by atoms with Crippen LogP contribution in [-0.4, -0.2) is 15.6 Å². The van der Waals surface area contributed by atoms with E-state index in [1.54, 1.807) is 18.3 Å². The third-order valence-electron chi connectivity index (χ3n) is 2.96. The lowest BCUT2D eigenvalue weighted by Crippen LogP contribution is -2.87. The van der Waals surface area contributed by atoms with Gasteiger partial charge in [-0.25, -0.2) is 9.37 Å². The second-order valence-electron chi connectivity index (χ2n) is 4.86. The van der Waals surface area contributed by atoms with E-state index in [2.05, 4.69) is 24.1 Å². The molecule has 0 saturated carbocycles. The van der Waals surface area contributed by atoms with Crippen LogP contribution in [0, 0.1) is 5.82 Å². The Hall–Kier alpha value is -1.39. The number of rotatable bonds is 5. The molecular weight excluding hydrogens is 265 g/mol. The highest BCUT2D eigenvalue weighted by Gasteiger charge is 2.11. The predicted octanol–water partition coefficient (Wildman–Crippen LogP) is 2.20. The van der Waals surface area contributed by atoms with E-state index in [0.29, 0.717) is 23.2 Å². The molecule has 0 aliphatic carbocycles. The molecule has 1 aromatic heterocycles. The molecule has 0 saturated heterocycles. The molecule has 0 aliphatic heterocycles. The summed E-state index contributed by atoms with van der Waals surface area (Å²) >= 11 is 6.04. The minimum Gasteiger partial charge on any atom is -0.338 e. The van der Waals surface area contributed by atoms with Crippen molar-refractivity contribution in [3.63, 3.8) is 0 Å². The van der Waals surface area contributed by atoms with E-state index < -0.39 is 0 Å². The van der Waals surface area contributed by atoms with Crippen LogP contribution in [0.5, 0.6) is 0 Å². The molecule has 0 spiro atoms. The van der Waals surface area contributed by atoms with Gasteiger partial charge in [-0.3, -0.25) is 0 Å². The normalized spacial score (nSPS) is 11.2. The minimum atomic E-state index is -0.278. The van der Waals surface area contributed by atoms with E-state index in [1.165, 1.54) is 6.07 Å². The Kier molecular flexibility index (Phi) is 4.56. The van der Waals surface area contributed by atoms with Gasteiger partial charge in [0.25, 0.3) is 0 Å². The summed E-state index contributed by atoms with van der Waals surface area (Å²) in [5.41, 5.74) is 0.507. The first-order valence-electron chi connectivity index (χ1n) is 6.34. The molecule has 0 radical (unpaired) electrons. The van der Waals surface area contributed by atoms with Gasteiger partial charge >= 0.3 is 0 Å². The van der Waals surface area contributed by atoms with Crippen molar-refractivity contribution in [1.82, 2.24) is 9.55 Å². The van der Waals surface area contributed by atoms with Crippen LogP contribution in [0.15, 0.2) is 30.6 Å². The van der Waals surface area contributed by atoms with Crippen molar-refractivity contribution in [3.05, 3.63) is 52.8 Å². The Labute approximate surface area is 117 Å². The van der Waals surface area contributed by atoms with Crippen LogP contribution < -0.4 is 5.32 Å². The zero-order chi connectivity index (χ0) is 13.8. The molecule has 0 amide bonds. The molecule has 3 nitrogen and oxygen atoms in total. The van der Waals surface area contributed by atoms with Gasteiger partial charge in [-0.15, -0.1) is 0 Å². The average Bonchev–Trinajstić information content (AvgIpc) is 2.79. The number of nitrogens with two attached hydrogens (primary N) is 1. The van der Waals surface area contributed by atoms with Crippen molar-refractivity contribution in [2.24, 2.45) is 0 Å². The molecule has 2 N–H and O–H groups in total. The minimum absolute atomic E-state index is 0.278. The third kappa shape index (κ3) is 3.55. The van der Waals surface area contributed by atoms with E-state index in [-0.39, 0.29) is 5.82 Å². The van der Waals surface area contributed by atoms with Gasteiger partial charge in [-0.1, -0.05) is 17.7 Å². The number of halogens is 2. The first kappa shape index (κ1) is 14.0. The number of imidazole rings is 1. The van der Waals surface area contributed by atoms with Gasteiger partial charge < -0.3 is 9.88 Å². The van der Waals surface area contributed by atoms with Gasteiger partial charge in [0, 0.05) is 23.0 Å². The SMILES string of the molecule is CC(C)[NH2+]Cc1nccn1Cc1c(F)cccc1Cl. The van der Waals surface area contributed by atoms with Gasteiger partial charge in [0.05, 0.1) is 12.6 Å². The highest BCUT2D eigenvalue weighted by Crippen LogP contribution is 2.20. The fourth-order valence-corrected chi connectivity index (χ4v) is 2.09. The summed E-state index contributed by atoms with van der Waals surface area (Å²) in [6.45, 7) is 5.44. The van der Waals surface area contributed by atoms with Crippen LogP contribution in [0.1, 0.15) is 25.2 Å². The molecule has 2 rings (SSSR count). The Morgan fingerprint density at radius 2 is 2.21 bits per heavy atom. The standard InChI is InChI=1S/C14H17ClFN3/c1-10(2)18-8-14-17-6-7-19(14)9-11-12(15)4-3-5-13(11)16/h3-7,10,18H,8-9H2,1-2H3/p+1. The molecule has 19 heavy (non-hydrogen) atoms. The van der Waals surface area contributed by atoms with Crippen molar-refractivity contribution in [1.29, 1.82) is 0 Å². The topological polar surface area (TPSA) is 34.4 Å². The predicted molar refractivity (Wildman–Crippen MR) is 73.5 cm³/mol. The highest BCUT2D eigenvalue weighted by molar-refractivity contribution is 6.31. The van der Waals surface area contributed by atoms with E-state index in [9.17, 15) is 4.39 Å². The number of hydrogen-bond acceptors (Lipinski definition) is 1. The fraction of sp³-hybridized carbons (Fsp3) is 0.357. The van der Waals surface area contributed by atoms with E-state index >= 15 is 0 Å². The zero-order valence-electron chi connectivity index (χ0n) is 11.1. The van der Waals surface area contributed by atoms with E-state index in [4.69, 9.17) is 11.6 Å².